The molecule has 0 aliphatic heterocycles. The second-order valence-corrected chi connectivity index (χ2v) is 6.74. The lowest BCUT2D eigenvalue weighted by atomic mass is 10.3. The molecule has 0 bridgehead atoms. The number of benzene rings is 1. The number of nitrogens with one attached hydrogen (secondary N) is 1. The number of aryl methyl sites for hydroxylation is 1. The van der Waals surface area contributed by atoms with Crippen molar-refractivity contribution in [3.8, 4) is 0 Å². The molecule has 1 aromatic carbocycles. The molecule has 0 amide bonds. The van der Waals surface area contributed by atoms with Crippen molar-refractivity contribution in [2.45, 2.75) is 11.4 Å². The van der Waals surface area contributed by atoms with Gasteiger partial charge in [0.05, 0.1) is 16.8 Å². The molecule has 6 nitrogen and oxygen atoms in total. The molecule has 1 heterocycles. The Labute approximate surface area is 124 Å². The molecule has 0 fully saturated rings. The molecule has 0 aliphatic rings. The molecule has 0 saturated carbocycles. The van der Waals surface area contributed by atoms with E-state index >= 15 is 0 Å². The molecule has 0 atom stereocenters. The highest BCUT2D eigenvalue weighted by Gasteiger charge is 2.19. The second kappa shape index (κ2) is 5.51. The number of sulfonamides is 1. The van der Waals surface area contributed by atoms with Gasteiger partial charge in [0.1, 0.15) is 5.82 Å². The summed E-state index contributed by atoms with van der Waals surface area (Å²) in [6, 6.07) is 2.10. The van der Waals surface area contributed by atoms with E-state index < -0.39 is 15.8 Å². The van der Waals surface area contributed by atoms with E-state index in [4.69, 9.17) is 5.73 Å². The Kier molecular flexibility index (Phi) is 4.11. The monoisotopic (exact) mass is 362 g/mol. The van der Waals surface area contributed by atoms with Gasteiger partial charge in [-0.1, -0.05) is 0 Å². The maximum absolute atomic E-state index is 13.2. The number of nitrogen functional groups attached to an aromatic ring is 1. The molecule has 3 N–H and O–H groups in total. The average molecular weight is 363 g/mol. The van der Waals surface area contributed by atoms with Gasteiger partial charge >= 0.3 is 0 Å². The van der Waals surface area contributed by atoms with Gasteiger partial charge in [-0.15, -0.1) is 0 Å². The topological polar surface area (TPSA) is 90.0 Å². The van der Waals surface area contributed by atoms with Crippen LogP contribution >= 0.6 is 15.9 Å². The van der Waals surface area contributed by atoms with Gasteiger partial charge in [0.25, 0.3) is 0 Å². The van der Waals surface area contributed by atoms with E-state index in [-0.39, 0.29) is 21.6 Å². The summed E-state index contributed by atoms with van der Waals surface area (Å²) in [6.45, 7) is 0.0832. The molecule has 2 rings (SSSR count). The minimum atomic E-state index is -3.80. The molecule has 0 spiro atoms. The van der Waals surface area contributed by atoms with Crippen molar-refractivity contribution in [3.63, 3.8) is 0 Å². The van der Waals surface area contributed by atoms with Gasteiger partial charge in [-0.3, -0.25) is 4.68 Å². The number of hydrogen-bond donors (Lipinski definition) is 2. The lowest BCUT2D eigenvalue weighted by Crippen LogP contribution is -2.23. The van der Waals surface area contributed by atoms with Gasteiger partial charge in [-0.05, 0) is 28.1 Å². The van der Waals surface area contributed by atoms with Crippen LogP contribution in [0.3, 0.4) is 0 Å². The Morgan fingerprint density at radius 3 is 2.80 bits per heavy atom. The van der Waals surface area contributed by atoms with Crippen molar-refractivity contribution >= 4 is 31.6 Å². The number of halogens is 2. The zero-order valence-electron chi connectivity index (χ0n) is 10.5. The first kappa shape index (κ1) is 14.9. The highest BCUT2D eigenvalue weighted by molar-refractivity contribution is 9.10. The highest BCUT2D eigenvalue weighted by Crippen LogP contribution is 2.26. The summed E-state index contributed by atoms with van der Waals surface area (Å²) in [5.41, 5.74) is 5.88. The van der Waals surface area contributed by atoms with Crippen molar-refractivity contribution in [1.82, 2.24) is 14.5 Å². The zero-order valence-corrected chi connectivity index (χ0v) is 12.9. The fourth-order valence-electron chi connectivity index (χ4n) is 1.57. The van der Waals surface area contributed by atoms with Gasteiger partial charge in [0.15, 0.2) is 0 Å². The SMILES string of the molecule is Cn1cc(CNS(=O)(=O)c2cc(N)c(F)cc2Br)cn1. The summed E-state index contributed by atoms with van der Waals surface area (Å²) in [4.78, 5) is -0.111. The van der Waals surface area contributed by atoms with E-state index in [0.717, 1.165) is 12.1 Å². The van der Waals surface area contributed by atoms with Crippen LogP contribution in [0.25, 0.3) is 0 Å². The van der Waals surface area contributed by atoms with Crippen LogP contribution in [0.5, 0.6) is 0 Å². The molecule has 0 saturated heterocycles. The van der Waals surface area contributed by atoms with Crippen LogP contribution in [0, 0.1) is 5.82 Å². The standard InChI is InChI=1S/C11H12BrFN4O2S/c1-17-6-7(4-15-17)5-16-20(18,19)11-3-10(14)9(13)2-8(11)12/h2-4,6,16H,5,14H2,1H3. The fraction of sp³-hybridized carbons (Fsp3) is 0.182. The van der Waals surface area contributed by atoms with E-state index in [1.54, 1.807) is 24.1 Å². The van der Waals surface area contributed by atoms with Crippen molar-refractivity contribution in [3.05, 3.63) is 40.4 Å². The van der Waals surface area contributed by atoms with Crippen LogP contribution < -0.4 is 10.5 Å². The lowest BCUT2D eigenvalue weighted by Gasteiger charge is -2.09. The molecule has 20 heavy (non-hydrogen) atoms. The average Bonchev–Trinajstić information content (AvgIpc) is 2.77. The van der Waals surface area contributed by atoms with Crippen LogP contribution in [0.4, 0.5) is 10.1 Å². The van der Waals surface area contributed by atoms with E-state index in [1.807, 2.05) is 0 Å². The number of nitrogens with zero attached hydrogens (tertiary/aromatic N) is 2. The van der Waals surface area contributed by atoms with E-state index in [2.05, 4.69) is 25.8 Å². The largest absolute Gasteiger partial charge is 0.396 e. The Morgan fingerprint density at radius 2 is 2.20 bits per heavy atom. The third kappa shape index (κ3) is 3.17. The Hall–Kier alpha value is -1.45. The van der Waals surface area contributed by atoms with Crippen molar-refractivity contribution in [2.24, 2.45) is 7.05 Å². The smallest absolute Gasteiger partial charge is 0.242 e. The predicted molar refractivity (Wildman–Crippen MR) is 75.7 cm³/mol. The van der Waals surface area contributed by atoms with E-state index in [0.29, 0.717) is 5.56 Å². The first-order valence-corrected chi connectivity index (χ1v) is 7.79. The van der Waals surface area contributed by atoms with Crippen LogP contribution in [0.1, 0.15) is 5.56 Å². The minimum Gasteiger partial charge on any atom is -0.396 e. The molecule has 2 aromatic rings. The van der Waals surface area contributed by atoms with Crippen molar-refractivity contribution in [1.29, 1.82) is 0 Å². The van der Waals surface area contributed by atoms with Crippen LogP contribution in [0.2, 0.25) is 0 Å². The van der Waals surface area contributed by atoms with Crippen LogP contribution in [-0.4, -0.2) is 18.2 Å². The second-order valence-electron chi connectivity index (χ2n) is 4.15. The molecule has 108 valence electrons. The summed E-state index contributed by atoms with van der Waals surface area (Å²) in [6.07, 6.45) is 3.24. The first-order chi connectivity index (χ1) is 9.29. The number of aromatic nitrogens is 2. The predicted octanol–water partition coefficient (Wildman–Crippen LogP) is 1.38. The quantitative estimate of drug-likeness (QED) is 0.804. The van der Waals surface area contributed by atoms with Gasteiger partial charge in [-0.2, -0.15) is 5.10 Å². The molecule has 0 aliphatic carbocycles. The summed E-state index contributed by atoms with van der Waals surface area (Å²) < 4.78 is 41.6. The van der Waals surface area contributed by atoms with Crippen molar-refractivity contribution in [2.75, 3.05) is 5.73 Å². The Bertz CT molecular complexity index is 745. The third-order valence-corrected chi connectivity index (χ3v) is 4.93. The number of rotatable bonds is 4. The highest BCUT2D eigenvalue weighted by atomic mass is 79.9. The molecule has 9 heteroatoms. The van der Waals surface area contributed by atoms with Gasteiger partial charge in [0, 0.05) is 29.8 Å². The Morgan fingerprint density at radius 1 is 1.50 bits per heavy atom. The summed E-state index contributed by atoms with van der Waals surface area (Å²) in [5, 5.41) is 3.94. The van der Waals surface area contributed by atoms with Gasteiger partial charge in [0.2, 0.25) is 10.0 Å². The minimum absolute atomic E-state index is 0.0832. The van der Waals surface area contributed by atoms with Gasteiger partial charge < -0.3 is 5.73 Å². The summed E-state index contributed by atoms with van der Waals surface area (Å²) >= 11 is 3.02. The maximum atomic E-state index is 13.2. The van der Waals surface area contributed by atoms with Crippen LogP contribution in [-0.2, 0) is 23.6 Å². The van der Waals surface area contributed by atoms with Crippen LogP contribution in [0.15, 0.2) is 33.9 Å². The lowest BCUT2D eigenvalue weighted by molar-refractivity contribution is 0.580. The third-order valence-electron chi connectivity index (χ3n) is 2.57. The van der Waals surface area contributed by atoms with Crippen molar-refractivity contribution < 1.29 is 12.8 Å². The summed E-state index contributed by atoms with van der Waals surface area (Å²) in [5.74, 6) is -0.678. The van der Waals surface area contributed by atoms with E-state index in [1.165, 1.54) is 0 Å². The van der Waals surface area contributed by atoms with E-state index in [9.17, 15) is 12.8 Å². The molecule has 0 unspecified atom stereocenters. The maximum Gasteiger partial charge on any atom is 0.242 e. The molecule has 1 aromatic heterocycles. The number of hydrogen-bond acceptors (Lipinski definition) is 4. The zero-order chi connectivity index (χ0) is 14.9. The normalized spacial score (nSPS) is 11.8. The first-order valence-electron chi connectivity index (χ1n) is 5.51. The fourth-order valence-corrected chi connectivity index (χ4v) is 3.63. The summed E-state index contributed by atoms with van der Waals surface area (Å²) in [7, 11) is -2.07. The number of anilines is 1. The molecular formula is C11H12BrFN4O2S. The number of nitrogens with two attached hydrogens (primary N) is 1. The Balaban J connectivity index is 2.24. The molecular weight excluding hydrogens is 351 g/mol. The van der Waals surface area contributed by atoms with Gasteiger partial charge in [-0.25, -0.2) is 17.5 Å². The molecule has 0 radical (unpaired) electrons.